The Morgan fingerprint density at radius 2 is 1.15 bits per heavy atom. The highest BCUT2D eigenvalue weighted by Crippen LogP contribution is 2.38. The fourth-order valence-electron chi connectivity index (χ4n) is 5.01. The first-order chi connectivity index (χ1) is 26.0. The van der Waals surface area contributed by atoms with Crippen molar-refractivity contribution in [1.29, 1.82) is 0 Å². The molecule has 0 aromatic rings. The van der Waals surface area contributed by atoms with Crippen molar-refractivity contribution in [3.63, 3.8) is 0 Å². The Hall–Kier alpha value is -2.58. The molecule has 308 valence electrons. The maximum absolute atomic E-state index is 12.7. The average Bonchev–Trinajstić information content (AvgIpc) is 3.12. The molecule has 0 bridgehead atoms. The Bertz CT molecular complexity index is 1190. The summed E-state index contributed by atoms with van der Waals surface area (Å²) < 4.78 is 23.1. The third kappa shape index (κ3) is 37.7. The summed E-state index contributed by atoms with van der Waals surface area (Å²) in [5.74, 6) is -0.344. The van der Waals surface area contributed by atoms with Gasteiger partial charge in [-0.05, 0) is 70.6 Å². The normalized spacial score (nSPS) is 15.5. The largest absolute Gasteiger partial charge is 0.756 e. The van der Waals surface area contributed by atoms with E-state index in [1.807, 2.05) is 39.4 Å². The van der Waals surface area contributed by atoms with E-state index in [0.717, 1.165) is 51.4 Å². The van der Waals surface area contributed by atoms with Gasteiger partial charge in [-0.2, -0.15) is 0 Å². The highest BCUT2D eigenvalue weighted by atomic mass is 31.2. The molecule has 0 heterocycles. The fraction of sp³-hybridized carbons (Fsp3) is 0.622. The summed E-state index contributed by atoms with van der Waals surface area (Å²) in [6, 6.07) is -0.968. The van der Waals surface area contributed by atoms with Crippen LogP contribution in [0.3, 0.4) is 0 Å². The number of nitrogens with zero attached hydrogens (tertiary/aromatic N) is 1. The van der Waals surface area contributed by atoms with Gasteiger partial charge in [0.1, 0.15) is 13.2 Å². The third-order valence-corrected chi connectivity index (χ3v) is 9.25. The van der Waals surface area contributed by atoms with Crippen molar-refractivity contribution in [3.8, 4) is 0 Å². The number of phosphoric acid groups is 1. The van der Waals surface area contributed by atoms with Gasteiger partial charge >= 0.3 is 0 Å². The smallest absolute Gasteiger partial charge is 0.268 e. The van der Waals surface area contributed by atoms with Crippen LogP contribution in [0.2, 0.25) is 0 Å². The highest BCUT2D eigenvalue weighted by molar-refractivity contribution is 7.45. The van der Waals surface area contributed by atoms with Gasteiger partial charge in [0.2, 0.25) is 5.91 Å². The van der Waals surface area contributed by atoms with Crippen LogP contribution in [0, 0.1) is 0 Å². The first kappa shape index (κ1) is 51.4. The number of unbranched alkanes of at least 4 members (excludes halogenated alkanes) is 9. The molecule has 0 spiro atoms. The Morgan fingerprint density at radius 1 is 0.667 bits per heavy atom. The predicted octanol–water partition coefficient (Wildman–Crippen LogP) is 10.6. The molecule has 0 fully saturated rings. The van der Waals surface area contributed by atoms with Gasteiger partial charge in [0.05, 0.1) is 39.9 Å². The minimum atomic E-state index is -4.63. The summed E-state index contributed by atoms with van der Waals surface area (Å²) in [5.41, 5.74) is 0. The Balaban J connectivity index is 4.74. The summed E-state index contributed by atoms with van der Waals surface area (Å²) in [4.78, 5) is 25.2. The number of aliphatic hydroxyl groups excluding tert-OH is 1. The second-order valence-electron chi connectivity index (χ2n) is 14.6. The summed E-state index contributed by atoms with van der Waals surface area (Å²) in [7, 11) is 1.16. The number of aliphatic hydroxyl groups is 1. The molecule has 0 aliphatic rings. The van der Waals surface area contributed by atoms with E-state index in [2.05, 4.69) is 86.0 Å². The molecule has 2 N–H and O–H groups in total. The van der Waals surface area contributed by atoms with Gasteiger partial charge in [-0.3, -0.25) is 9.36 Å². The van der Waals surface area contributed by atoms with Gasteiger partial charge < -0.3 is 28.8 Å². The molecule has 0 rings (SSSR count). The summed E-state index contributed by atoms with van der Waals surface area (Å²) in [6.45, 7) is 4.38. The van der Waals surface area contributed by atoms with E-state index in [-0.39, 0.29) is 18.9 Å². The lowest BCUT2D eigenvalue weighted by molar-refractivity contribution is -0.870. The minimum absolute atomic E-state index is 0.0309. The van der Waals surface area contributed by atoms with Crippen molar-refractivity contribution < 1.29 is 32.9 Å². The number of nitrogens with one attached hydrogen (secondary N) is 1. The first-order valence-electron chi connectivity index (χ1n) is 20.6. The van der Waals surface area contributed by atoms with Crippen molar-refractivity contribution in [2.24, 2.45) is 0 Å². The monoisotopic (exact) mass is 773 g/mol. The predicted molar refractivity (Wildman–Crippen MR) is 228 cm³/mol. The standard InChI is InChI=1S/C45H77N2O6P/c1-6-8-10-12-14-16-18-20-22-23-25-26-28-30-32-34-36-38-44(48)43(42-53-54(50,51)52-41-40-47(3,4)5)46-45(49)39-37-35-33-31-29-27-24-21-19-17-15-13-11-9-7-2/h9,11,15,17,21-24,28-31,35-38,43-44,48H,6-8,10,12-14,16,18-20,25-27,32-34,39-42H2,1-5H3,(H-,46,49,50,51)/b11-9-,17-15-,23-22+,24-21-,30-28+,31-29-,37-35-,38-36+. The molecule has 54 heavy (non-hydrogen) atoms. The van der Waals surface area contributed by atoms with Crippen molar-refractivity contribution in [2.45, 2.75) is 142 Å². The molecule has 0 aromatic heterocycles. The molecule has 0 aliphatic carbocycles. The van der Waals surface area contributed by atoms with Gasteiger partial charge in [0, 0.05) is 6.42 Å². The van der Waals surface area contributed by atoms with E-state index in [1.54, 1.807) is 12.2 Å². The van der Waals surface area contributed by atoms with Crippen molar-refractivity contribution >= 4 is 13.7 Å². The second-order valence-corrected chi connectivity index (χ2v) is 16.0. The van der Waals surface area contributed by atoms with Crippen molar-refractivity contribution in [2.75, 3.05) is 40.9 Å². The second kappa shape index (κ2) is 36.1. The zero-order chi connectivity index (χ0) is 40.0. The number of rotatable bonds is 35. The van der Waals surface area contributed by atoms with Crippen LogP contribution in [0.25, 0.3) is 0 Å². The van der Waals surface area contributed by atoms with Gasteiger partial charge in [0.25, 0.3) is 7.82 Å². The van der Waals surface area contributed by atoms with Gasteiger partial charge in [-0.25, -0.2) is 0 Å². The Morgan fingerprint density at radius 3 is 1.69 bits per heavy atom. The minimum Gasteiger partial charge on any atom is -0.756 e. The molecule has 9 heteroatoms. The molecule has 0 saturated carbocycles. The SMILES string of the molecule is CC/C=C\C/C=C\C/C=C\C/C=C\C/C=C\CC(=O)NC(COP(=O)([O-])OCC[N+](C)(C)C)C(O)/C=C/CC/C=C/CC/C=C/CCCCCCCCC. The van der Waals surface area contributed by atoms with Crippen LogP contribution < -0.4 is 10.2 Å². The molecule has 0 aromatic carbocycles. The van der Waals surface area contributed by atoms with Crippen LogP contribution >= 0.6 is 7.82 Å². The van der Waals surface area contributed by atoms with Crippen LogP contribution in [0.15, 0.2) is 97.2 Å². The maximum atomic E-state index is 12.7. The number of allylic oxidation sites excluding steroid dienone is 14. The Labute approximate surface area is 330 Å². The van der Waals surface area contributed by atoms with E-state index in [4.69, 9.17) is 9.05 Å². The van der Waals surface area contributed by atoms with E-state index in [9.17, 15) is 19.4 Å². The quantitative estimate of drug-likeness (QED) is 0.0287. The first-order valence-corrected chi connectivity index (χ1v) is 22.1. The number of amides is 1. The number of likely N-dealkylation sites (N-methyl/N-ethyl adjacent to an activating group) is 1. The molecule has 0 aliphatic heterocycles. The van der Waals surface area contributed by atoms with Gasteiger partial charge in [-0.15, -0.1) is 0 Å². The number of hydrogen-bond acceptors (Lipinski definition) is 6. The molecule has 1 amide bonds. The lowest BCUT2D eigenvalue weighted by atomic mass is 10.1. The number of carbonyl (C=O) groups is 1. The topological polar surface area (TPSA) is 108 Å². The molecular formula is C45H77N2O6P. The van der Waals surface area contributed by atoms with Crippen molar-refractivity contribution in [3.05, 3.63) is 97.2 Å². The van der Waals surface area contributed by atoms with Crippen LogP contribution in [0.4, 0.5) is 0 Å². The fourth-order valence-corrected chi connectivity index (χ4v) is 5.74. The molecule has 3 unspecified atom stereocenters. The van der Waals surface area contributed by atoms with Crippen LogP contribution in [0.5, 0.6) is 0 Å². The van der Waals surface area contributed by atoms with Crippen LogP contribution in [-0.4, -0.2) is 68.5 Å². The Kier molecular flexibility index (Phi) is 34.4. The third-order valence-electron chi connectivity index (χ3n) is 8.28. The van der Waals surface area contributed by atoms with Crippen LogP contribution in [0.1, 0.15) is 129 Å². The highest BCUT2D eigenvalue weighted by Gasteiger charge is 2.22. The zero-order valence-electron chi connectivity index (χ0n) is 34.6. The van der Waals surface area contributed by atoms with Gasteiger partial charge in [-0.1, -0.05) is 150 Å². The summed E-state index contributed by atoms with van der Waals surface area (Å²) >= 11 is 0. The summed E-state index contributed by atoms with van der Waals surface area (Å²) in [5, 5.41) is 13.6. The number of phosphoric ester groups is 1. The van der Waals surface area contributed by atoms with E-state index >= 15 is 0 Å². The van der Waals surface area contributed by atoms with Gasteiger partial charge in [0.15, 0.2) is 0 Å². The molecule has 3 atom stereocenters. The van der Waals surface area contributed by atoms with Crippen molar-refractivity contribution in [1.82, 2.24) is 5.32 Å². The van der Waals surface area contributed by atoms with E-state index < -0.39 is 26.6 Å². The lowest BCUT2D eigenvalue weighted by Crippen LogP contribution is -2.45. The molecule has 0 saturated heterocycles. The van der Waals surface area contributed by atoms with E-state index in [0.29, 0.717) is 23.9 Å². The molecule has 8 nitrogen and oxygen atoms in total. The average molecular weight is 773 g/mol. The molecule has 0 radical (unpaired) electrons. The summed E-state index contributed by atoms with van der Waals surface area (Å²) in [6.07, 6.45) is 50.6. The lowest BCUT2D eigenvalue weighted by Gasteiger charge is -2.29. The number of hydrogen-bond donors (Lipinski definition) is 2. The number of carbonyl (C=O) groups excluding carboxylic acids is 1. The number of quaternary nitrogens is 1. The zero-order valence-corrected chi connectivity index (χ0v) is 35.5. The van der Waals surface area contributed by atoms with Crippen LogP contribution in [-0.2, 0) is 18.4 Å². The van der Waals surface area contributed by atoms with E-state index in [1.165, 1.54) is 44.9 Å². The maximum Gasteiger partial charge on any atom is 0.268 e. The molecular weight excluding hydrogens is 695 g/mol.